The van der Waals surface area contributed by atoms with Gasteiger partial charge in [0.15, 0.2) is 5.82 Å². The van der Waals surface area contributed by atoms with E-state index in [4.69, 9.17) is 14.2 Å². The molecule has 0 bridgehead atoms. The van der Waals surface area contributed by atoms with E-state index in [2.05, 4.69) is 34.4 Å². The van der Waals surface area contributed by atoms with Crippen LogP contribution < -0.4 is 20.1 Å². The quantitative estimate of drug-likeness (QED) is 0.205. The lowest BCUT2D eigenvalue weighted by Gasteiger charge is -2.20. The molecule has 4 aromatic rings. The maximum absolute atomic E-state index is 12.0. The van der Waals surface area contributed by atoms with Crippen molar-refractivity contribution in [1.82, 2.24) is 19.9 Å². The van der Waals surface area contributed by atoms with Crippen molar-refractivity contribution < 1.29 is 19.0 Å². The molecular formula is C31H39N5O4. The normalized spacial score (nSPS) is 11.5. The van der Waals surface area contributed by atoms with Crippen LogP contribution in [0, 0.1) is 12.8 Å². The van der Waals surface area contributed by atoms with Gasteiger partial charge in [-0.1, -0.05) is 19.9 Å². The fraction of sp³-hybridized carbons (Fsp3) is 0.387. The predicted octanol–water partition coefficient (Wildman–Crippen LogP) is 7.23. The molecule has 0 aliphatic carbocycles. The minimum absolute atomic E-state index is 0.217. The number of ether oxygens (including phenoxy) is 3. The lowest BCUT2D eigenvalue weighted by atomic mass is 10.1. The Kier molecular flexibility index (Phi) is 9.14. The molecule has 4 rings (SSSR count). The monoisotopic (exact) mass is 545 g/mol. The van der Waals surface area contributed by atoms with E-state index in [0.717, 1.165) is 46.0 Å². The number of carbonyl (C=O) groups is 1. The second-order valence-electron chi connectivity index (χ2n) is 11.2. The summed E-state index contributed by atoms with van der Waals surface area (Å²) in [7, 11) is 0. The number of hydrogen-bond acceptors (Lipinski definition) is 7. The summed E-state index contributed by atoms with van der Waals surface area (Å²) in [4.78, 5) is 20.9. The molecule has 2 aromatic carbocycles. The Labute approximate surface area is 235 Å². The summed E-state index contributed by atoms with van der Waals surface area (Å²) in [5, 5.41) is 6.21. The van der Waals surface area contributed by atoms with E-state index >= 15 is 0 Å². The van der Waals surface area contributed by atoms with Gasteiger partial charge in [0.2, 0.25) is 0 Å². The van der Waals surface area contributed by atoms with Crippen LogP contribution in [-0.2, 0) is 11.3 Å². The molecule has 212 valence electrons. The van der Waals surface area contributed by atoms with Crippen LogP contribution in [0.3, 0.4) is 0 Å². The maximum Gasteiger partial charge on any atom is 0.407 e. The zero-order valence-electron chi connectivity index (χ0n) is 24.2. The summed E-state index contributed by atoms with van der Waals surface area (Å²) >= 11 is 0. The molecule has 40 heavy (non-hydrogen) atoms. The van der Waals surface area contributed by atoms with Crippen LogP contribution in [0.5, 0.6) is 17.2 Å². The standard InChI is InChI=1S/C31H39N5O4/c1-21(2)13-16-38-24-8-7-9-25(19-24)40-27-11-10-23(18-22(27)3)34-29-28-26(32-20-33-29)12-14-36(28)15-17-39-30(37)35-31(4,5)6/h7-12,14,18-21H,13,15-17H2,1-6H3,(H,35,37)(H,32,33,34). The van der Waals surface area contributed by atoms with Crippen molar-refractivity contribution in [1.29, 1.82) is 0 Å². The van der Waals surface area contributed by atoms with Gasteiger partial charge in [0.25, 0.3) is 0 Å². The van der Waals surface area contributed by atoms with Crippen molar-refractivity contribution in [3.63, 3.8) is 0 Å². The molecule has 0 saturated carbocycles. The number of nitrogens with one attached hydrogen (secondary N) is 2. The van der Waals surface area contributed by atoms with E-state index < -0.39 is 6.09 Å². The van der Waals surface area contributed by atoms with Crippen LogP contribution in [0.1, 0.15) is 46.6 Å². The Morgan fingerprint density at radius 2 is 1.82 bits per heavy atom. The second kappa shape index (κ2) is 12.7. The molecule has 0 fully saturated rings. The SMILES string of the molecule is Cc1cc(Nc2ncnc3ccn(CCOC(=O)NC(C)(C)C)c23)ccc1Oc1cccc(OCCC(C)C)c1. The van der Waals surface area contributed by atoms with Crippen molar-refractivity contribution in [3.8, 4) is 17.2 Å². The maximum atomic E-state index is 12.0. The highest BCUT2D eigenvalue weighted by Gasteiger charge is 2.15. The molecule has 9 heteroatoms. The first-order valence-corrected chi connectivity index (χ1v) is 13.6. The van der Waals surface area contributed by atoms with Gasteiger partial charge in [0.1, 0.15) is 35.7 Å². The minimum Gasteiger partial charge on any atom is -0.493 e. The summed E-state index contributed by atoms with van der Waals surface area (Å²) < 4.78 is 19.4. The summed E-state index contributed by atoms with van der Waals surface area (Å²) in [6.07, 6.45) is 4.01. The zero-order chi connectivity index (χ0) is 28.7. The third-order valence-corrected chi connectivity index (χ3v) is 6.03. The van der Waals surface area contributed by atoms with Gasteiger partial charge in [-0.25, -0.2) is 14.8 Å². The number of amides is 1. The number of anilines is 2. The predicted molar refractivity (Wildman–Crippen MR) is 158 cm³/mol. The van der Waals surface area contributed by atoms with E-state index in [9.17, 15) is 4.79 Å². The first-order valence-electron chi connectivity index (χ1n) is 13.6. The van der Waals surface area contributed by atoms with Gasteiger partial charge < -0.3 is 29.4 Å². The molecule has 2 heterocycles. The van der Waals surface area contributed by atoms with Crippen LogP contribution in [0.2, 0.25) is 0 Å². The van der Waals surface area contributed by atoms with Crippen molar-refractivity contribution >= 4 is 28.6 Å². The van der Waals surface area contributed by atoms with E-state index in [1.807, 2.05) is 87.0 Å². The van der Waals surface area contributed by atoms with Crippen molar-refractivity contribution in [3.05, 3.63) is 66.6 Å². The number of benzene rings is 2. The number of fused-ring (bicyclic) bond motifs is 1. The van der Waals surface area contributed by atoms with Crippen LogP contribution in [-0.4, -0.2) is 39.4 Å². The van der Waals surface area contributed by atoms with Gasteiger partial charge in [0, 0.05) is 23.5 Å². The summed E-state index contributed by atoms with van der Waals surface area (Å²) in [6.45, 7) is 13.5. The minimum atomic E-state index is -0.443. The number of alkyl carbamates (subject to hydrolysis) is 1. The fourth-order valence-electron chi connectivity index (χ4n) is 4.03. The summed E-state index contributed by atoms with van der Waals surface area (Å²) in [5.41, 5.74) is 3.10. The highest BCUT2D eigenvalue weighted by atomic mass is 16.5. The summed E-state index contributed by atoms with van der Waals surface area (Å²) in [6, 6.07) is 15.5. The molecule has 0 saturated heterocycles. The lowest BCUT2D eigenvalue weighted by Crippen LogP contribution is -2.41. The van der Waals surface area contributed by atoms with Crippen LogP contribution in [0.4, 0.5) is 16.3 Å². The van der Waals surface area contributed by atoms with Gasteiger partial charge in [-0.3, -0.25) is 0 Å². The second-order valence-corrected chi connectivity index (χ2v) is 11.2. The molecule has 0 aliphatic rings. The molecule has 0 unspecified atom stereocenters. The summed E-state index contributed by atoms with van der Waals surface area (Å²) in [5.74, 6) is 3.53. The number of carbonyl (C=O) groups excluding carboxylic acids is 1. The van der Waals surface area contributed by atoms with Gasteiger partial charge in [-0.05, 0) is 82.0 Å². The molecule has 0 radical (unpaired) electrons. The van der Waals surface area contributed by atoms with E-state index in [-0.39, 0.29) is 12.1 Å². The van der Waals surface area contributed by atoms with Gasteiger partial charge >= 0.3 is 6.09 Å². The molecular weight excluding hydrogens is 506 g/mol. The fourth-order valence-corrected chi connectivity index (χ4v) is 4.03. The highest BCUT2D eigenvalue weighted by molar-refractivity contribution is 5.88. The molecule has 2 aromatic heterocycles. The average Bonchev–Trinajstić information content (AvgIpc) is 3.29. The Hall–Kier alpha value is -4.27. The third-order valence-electron chi connectivity index (χ3n) is 6.03. The van der Waals surface area contributed by atoms with Crippen molar-refractivity contribution in [2.24, 2.45) is 5.92 Å². The van der Waals surface area contributed by atoms with E-state index in [0.29, 0.717) is 24.9 Å². The molecule has 0 aliphatic heterocycles. The highest BCUT2D eigenvalue weighted by Crippen LogP contribution is 2.31. The zero-order valence-corrected chi connectivity index (χ0v) is 24.2. The average molecular weight is 546 g/mol. The lowest BCUT2D eigenvalue weighted by molar-refractivity contribution is 0.134. The molecule has 2 N–H and O–H groups in total. The van der Waals surface area contributed by atoms with Crippen LogP contribution in [0.15, 0.2) is 61.1 Å². The topological polar surface area (TPSA) is 99.5 Å². The third kappa shape index (κ3) is 8.11. The molecule has 1 amide bonds. The molecule has 9 nitrogen and oxygen atoms in total. The number of hydrogen-bond donors (Lipinski definition) is 2. The Balaban J connectivity index is 1.42. The van der Waals surface area contributed by atoms with Gasteiger partial charge in [-0.15, -0.1) is 0 Å². The first-order chi connectivity index (χ1) is 19.1. The molecule has 0 spiro atoms. The molecule has 0 atom stereocenters. The van der Waals surface area contributed by atoms with Gasteiger partial charge in [0.05, 0.1) is 18.7 Å². The number of rotatable bonds is 11. The Bertz CT molecular complexity index is 1440. The van der Waals surface area contributed by atoms with E-state index in [1.54, 1.807) is 0 Å². The van der Waals surface area contributed by atoms with Crippen molar-refractivity contribution in [2.75, 3.05) is 18.5 Å². The first kappa shape index (κ1) is 28.7. The van der Waals surface area contributed by atoms with Gasteiger partial charge in [-0.2, -0.15) is 0 Å². The number of aromatic nitrogens is 3. The van der Waals surface area contributed by atoms with Crippen LogP contribution >= 0.6 is 0 Å². The smallest absolute Gasteiger partial charge is 0.407 e. The van der Waals surface area contributed by atoms with E-state index in [1.165, 1.54) is 6.33 Å². The van der Waals surface area contributed by atoms with Crippen molar-refractivity contribution in [2.45, 2.75) is 60.0 Å². The largest absolute Gasteiger partial charge is 0.493 e. The van der Waals surface area contributed by atoms with Crippen LogP contribution in [0.25, 0.3) is 11.0 Å². The number of aryl methyl sites for hydroxylation is 1. The number of nitrogens with zero attached hydrogens (tertiary/aromatic N) is 3. The Morgan fingerprint density at radius 3 is 2.58 bits per heavy atom. The Morgan fingerprint density at radius 1 is 1.02 bits per heavy atom.